The molecule has 0 aromatic heterocycles. The standard InChI is InChI=1S/C11H23NO2.C2H6/c1-3-4-5-6-7-8-9-12-11(13)10-14-2;1-2/h3-10H2,1-2H3,(H,12,13);1-2H3. The van der Waals surface area contributed by atoms with Crippen molar-refractivity contribution in [1.29, 1.82) is 0 Å². The van der Waals surface area contributed by atoms with Gasteiger partial charge in [-0.3, -0.25) is 4.79 Å². The van der Waals surface area contributed by atoms with Gasteiger partial charge in [-0.25, -0.2) is 0 Å². The van der Waals surface area contributed by atoms with E-state index in [1.54, 1.807) is 0 Å². The molecule has 0 bridgehead atoms. The molecule has 0 saturated carbocycles. The van der Waals surface area contributed by atoms with Crippen molar-refractivity contribution in [3.63, 3.8) is 0 Å². The second-order valence-electron chi connectivity index (χ2n) is 3.55. The van der Waals surface area contributed by atoms with Crippen molar-refractivity contribution in [1.82, 2.24) is 5.32 Å². The fourth-order valence-corrected chi connectivity index (χ4v) is 1.32. The molecular formula is C13H29NO2. The van der Waals surface area contributed by atoms with Crippen LogP contribution in [0, 0.1) is 0 Å². The summed E-state index contributed by atoms with van der Waals surface area (Å²) < 4.78 is 4.70. The number of rotatable bonds is 9. The summed E-state index contributed by atoms with van der Waals surface area (Å²) in [6.45, 7) is 7.18. The summed E-state index contributed by atoms with van der Waals surface area (Å²) in [5, 5.41) is 2.81. The van der Waals surface area contributed by atoms with Crippen molar-refractivity contribution >= 4 is 5.91 Å². The summed E-state index contributed by atoms with van der Waals surface area (Å²) >= 11 is 0. The number of nitrogens with one attached hydrogen (secondary N) is 1. The van der Waals surface area contributed by atoms with Gasteiger partial charge in [0.2, 0.25) is 5.91 Å². The zero-order valence-corrected chi connectivity index (χ0v) is 11.5. The lowest BCUT2D eigenvalue weighted by molar-refractivity contribution is -0.124. The number of ether oxygens (including phenoxy) is 1. The monoisotopic (exact) mass is 231 g/mol. The highest BCUT2D eigenvalue weighted by Crippen LogP contribution is 2.03. The molecule has 0 aliphatic rings. The highest BCUT2D eigenvalue weighted by Gasteiger charge is 1.97. The van der Waals surface area contributed by atoms with Crippen LogP contribution in [-0.4, -0.2) is 26.2 Å². The van der Waals surface area contributed by atoms with Crippen molar-refractivity contribution in [2.45, 2.75) is 59.3 Å². The molecule has 0 aromatic carbocycles. The Morgan fingerprint density at radius 3 is 2.19 bits per heavy atom. The lowest BCUT2D eigenvalue weighted by atomic mass is 10.1. The molecule has 0 fully saturated rings. The molecule has 1 N–H and O–H groups in total. The van der Waals surface area contributed by atoms with Crippen molar-refractivity contribution in [3.8, 4) is 0 Å². The second-order valence-corrected chi connectivity index (χ2v) is 3.55. The zero-order chi connectivity index (χ0) is 12.6. The van der Waals surface area contributed by atoms with Gasteiger partial charge in [0.25, 0.3) is 0 Å². The van der Waals surface area contributed by atoms with Gasteiger partial charge in [-0.05, 0) is 6.42 Å². The number of hydrogen-bond acceptors (Lipinski definition) is 2. The largest absolute Gasteiger partial charge is 0.375 e. The summed E-state index contributed by atoms with van der Waals surface area (Å²) in [4.78, 5) is 10.9. The Labute approximate surface area is 101 Å². The van der Waals surface area contributed by atoms with E-state index in [0.29, 0.717) is 0 Å². The van der Waals surface area contributed by atoms with E-state index in [2.05, 4.69) is 12.2 Å². The molecule has 0 aliphatic carbocycles. The van der Waals surface area contributed by atoms with E-state index < -0.39 is 0 Å². The first-order chi connectivity index (χ1) is 7.81. The molecule has 0 atom stereocenters. The van der Waals surface area contributed by atoms with Gasteiger partial charge in [-0.15, -0.1) is 0 Å². The number of methoxy groups -OCH3 is 1. The highest BCUT2D eigenvalue weighted by molar-refractivity contribution is 5.77. The molecule has 0 radical (unpaired) electrons. The average molecular weight is 231 g/mol. The minimum Gasteiger partial charge on any atom is -0.375 e. The number of carbonyl (C=O) groups excluding carboxylic acids is 1. The van der Waals surface area contributed by atoms with Crippen LogP contribution in [0.4, 0.5) is 0 Å². The maximum Gasteiger partial charge on any atom is 0.245 e. The van der Waals surface area contributed by atoms with Crippen molar-refractivity contribution < 1.29 is 9.53 Å². The van der Waals surface area contributed by atoms with Gasteiger partial charge in [0.1, 0.15) is 6.61 Å². The molecule has 0 rings (SSSR count). The van der Waals surface area contributed by atoms with E-state index in [0.717, 1.165) is 13.0 Å². The van der Waals surface area contributed by atoms with Crippen LogP contribution in [0.3, 0.4) is 0 Å². The summed E-state index contributed by atoms with van der Waals surface area (Å²) in [5.74, 6) is -0.0129. The fraction of sp³-hybridized carbons (Fsp3) is 0.923. The van der Waals surface area contributed by atoms with Crippen LogP contribution in [0.1, 0.15) is 59.3 Å². The average Bonchev–Trinajstić information content (AvgIpc) is 2.31. The quantitative estimate of drug-likeness (QED) is 0.619. The minimum atomic E-state index is -0.0129. The Balaban J connectivity index is 0. The lowest BCUT2D eigenvalue weighted by Gasteiger charge is -2.03. The van der Waals surface area contributed by atoms with E-state index in [1.165, 1.54) is 39.2 Å². The summed E-state index contributed by atoms with van der Waals surface area (Å²) in [7, 11) is 1.53. The van der Waals surface area contributed by atoms with Crippen LogP contribution in [0.5, 0.6) is 0 Å². The molecule has 0 unspecified atom stereocenters. The van der Waals surface area contributed by atoms with E-state index >= 15 is 0 Å². The van der Waals surface area contributed by atoms with Crippen LogP contribution in [-0.2, 0) is 9.53 Å². The molecule has 0 aliphatic heterocycles. The van der Waals surface area contributed by atoms with Crippen molar-refractivity contribution in [2.24, 2.45) is 0 Å². The Morgan fingerprint density at radius 2 is 1.62 bits per heavy atom. The second kappa shape index (κ2) is 16.8. The van der Waals surface area contributed by atoms with Crippen LogP contribution >= 0.6 is 0 Å². The molecule has 3 heteroatoms. The lowest BCUT2D eigenvalue weighted by Crippen LogP contribution is -2.27. The third-order valence-electron chi connectivity index (χ3n) is 2.13. The maximum atomic E-state index is 10.9. The van der Waals surface area contributed by atoms with Crippen molar-refractivity contribution in [2.75, 3.05) is 20.3 Å². The van der Waals surface area contributed by atoms with Crippen molar-refractivity contribution in [3.05, 3.63) is 0 Å². The molecule has 0 aromatic rings. The Hall–Kier alpha value is -0.570. The maximum absolute atomic E-state index is 10.9. The van der Waals surface area contributed by atoms with E-state index in [1.807, 2.05) is 13.8 Å². The summed E-state index contributed by atoms with van der Waals surface area (Å²) in [6.07, 6.45) is 7.52. The van der Waals surface area contributed by atoms with Gasteiger partial charge in [0.15, 0.2) is 0 Å². The molecular weight excluding hydrogens is 202 g/mol. The number of amides is 1. The first-order valence-corrected chi connectivity index (χ1v) is 6.57. The van der Waals surface area contributed by atoms with Crippen LogP contribution in [0.2, 0.25) is 0 Å². The smallest absolute Gasteiger partial charge is 0.245 e. The minimum absolute atomic E-state index is 0.0129. The summed E-state index contributed by atoms with van der Waals surface area (Å²) in [6, 6.07) is 0. The fourth-order valence-electron chi connectivity index (χ4n) is 1.32. The number of hydrogen-bond donors (Lipinski definition) is 1. The number of carbonyl (C=O) groups is 1. The van der Waals surface area contributed by atoms with E-state index in [9.17, 15) is 4.79 Å². The zero-order valence-electron chi connectivity index (χ0n) is 11.5. The van der Waals surface area contributed by atoms with E-state index in [4.69, 9.17) is 4.74 Å². The molecule has 98 valence electrons. The van der Waals surface area contributed by atoms with Crippen LogP contribution in [0.15, 0.2) is 0 Å². The first-order valence-electron chi connectivity index (χ1n) is 6.57. The third kappa shape index (κ3) is 15.9. The summed E-state index contributed by atoms with van der Waals surface area (Å²) in [5.41, 5.74) is 0. The van der Waals surface area contributed by atoms with E-state index in [-0.39, 0.29) is 12.5 Å². The molecule has 0 saturated heterocycles. The van der Waals surface area contributed by atoms with Gasteiger partial charge >= 0.3 is 0 Å². The molecule has 0 heterocycles. The van der Waals surface area contributed by atoms with Gasteiger partial charge in [-0.2, -0.15) is 0 Å². The predicted octanol–water partition coefficient (Wildman–Crippen LogP) is 3.14. The third-order valence-corrected chi connectivity index (χ3v) is 2.13. The number of unbranched alkanes of at least 4 members (excludes halogenated alkanes) is 5. The van der Waals surface area contributed by atoms with Gasteiger partial charge in [-0.1, -0.05) is 52.9 Å². The van der Waals surface area contributed by atoms with Gasteiger partial charge in [0, 0.05) is 13.7 Å². The Kier molecular flexibility index (Phi) is 18.8. The predicted molar refractivity (Wildman–Crippen MR) is 69.6 cm³/mol. The highest BCUT2D eigenvalue weighted by atomic mass is 16.5. The molecule has 16 heavy (non-hydrogen) atoms. The molecule has 3 nitrogen and oxygen atoms in total. The molecule has 1 amide bonds. The van der Waals surface area contributed by atoms with Crippen LogP contribution < -0.4 is 5.32 Å². The Bertz CT molecular complexity index is 138. The SMILES string of the molecule is CC.CCCCCCCCNC(=O)COC. The van der Waals surface area contributed by atoms with Gasteiger partial charge in [0.05, 0.1) is 0 Å². The normalized spacial score (nSPS) is 9.25. The Morgan fingerprint density at radius 1 is 1.06 bits per heavy atom. The van der Waals surface area contributed by atoms with Gasteiger partial charge < -0.3 is 10.1 Å². The van der Waals surface area contributed by atoms with Crippen LogP contribution in [0.25, 0.3) is 0 Å². The molecule has 0 spiro atoms. The first kappa shape index (κ1) is 17.8. The topological polar surface area (TPSA) is 38.3 Å².